The van der Waals surface area contributed by atoms with Crippen LogP contribution in [-0.4, -0.2) is 96.4 Å². The van der Waals surface area contributed by atoms with Crippen molar-refractivity contribution < 1.29 is 33.9 Å². The Morgan fingerprint density at radius 1 is 0.739 bits per heavy atom. The van der Waals surface area contributed by atoms with Gasteiger partial charge in [-0.2, -0.15) is 0 Å². The molecule has 0 aromatic carbocycles. The third-order valence-electron chi connectivity index (χ3n) is 7.05. The van der Waals surface area contributed by atoms with Gasteiger partial charge >= 0.3 is 0 Å². The lowest BCUT2D eigenvalue weighted by atomic mass is 9.96. The van der Waals surface area contributed by atoms with E-state index in [9.17, 15) is 33.9 Å². The number of aliphatic hydroxyl groups excluding tert-OH is 1. The predicted octanol–water partition coefficient (Wildman–Crippen LogP) is -2.96. The number of nitrogens with two attached hydrogens (primary N) is 4. The van der Waals surface area contributed by atoms with Gasteiger partial charge in [-0.1, -0.05) is 48.0 Å². The molecule has 17 nitrogen and oxygen atoms in total. The van der Waals surface area contributed by atoms with Crippen molar-refractivity contribution in [1.29, 1.82) is 0 Å². The number of carbonyl (C=O) groups is 6. The van der Waals surface area contributed by atoms with E-state index in [4.69, 9.17) is 22.9 Å². The average molecular weight is 657 g/mol. The van der Waals surface area contributed by atoms with Gasteiger partial charge in [0.15, 0.2) is 5.96 Å². The molecular formula is C29H56N10O7. The van der Waals surface area contributed by atoms with Gasteiger partial charge in [0.1, 0.15) is 30.2 Å². The molecule has 0 radical (unpaired) electrons. The molecule has 6 amide bonds. The molecule has 0 saturated carbocycles. The van der Waals surface area contributed by atoms with Gasteiger partial charge in [0.2, 0.25) is 35.4 Å². The number of carbonyl (C=O) groups excluding carboxylic acids is 6. The molecule has 264 valence electrons. The standard InChI is InChI=1S/C29H56N10O7/c1-7-17(6)23(39-27(45)21(12-16(4)5)38-25(43)18(30)14-40)28(46)35-13-22(41)36-19(9-8-10-34-29(32)33)26(44)37-20(24(31)42)11-15(2)3/h15-21,23,40H,7-14,30H2,1-6H3,(H2,31,42)(H,35,46)(H,36,41)(H,37,44)(H,38,43)(H,39,45)(H4,32,33,34)/t17-,18+,19-,20-,21+,23+/m0/s1. The number of hydrogen-bond donors (Lipinski definition) is 10. The van der Waals surface area contributed by atoms with Crippen molar-refractivity contribution in [2.24, 2.45) is 45.7 Å². The van der Waals surface area contributed by atoms with Crippen LogP contribution in [0.5, 0.6) is 0 Å². The lowest BCUT2D eigenvalue weighted by molar-refractivity contribution is -0.134. The predicted molar refractivity (Wildman–Crippen MR) is 173 cm³/mol. The molecule has 0 rings (SSSR count). The summed E-state index contributed by atoms with van der Waals surface area (Å²) in [6.07, 6.45) is 1.46. The Kier molecular flexibility index (Phi) is 19.8. The molecule has 0 aromatic heterocycles. The SMILES string of the molecule is CC[C@H](C)[C@@H](NC(=O)[C@@H](CC(C)C)NC(=O)[C@H](N)CO)C(=O)NCC(=O)N[C@@H](CCCN=C(N)N)C(=O)N[C@@H](CC(C)C)C(N)=O. The minimum Gasteiger partial charge on any atom is -0.394 e. The summed E-state index contributed by atoms with van der Waals surface area (Å²) in [4.78, 5) is 80.4. The van der Waals surface area contributed by atoms with E-state index in [1.54, 1.807) is 6.92 Å². The Morgan fingerprint density at radius 3 is 1.78 bits per heavy atom. The lowest BCUT2D eigenvalue weighted by Gasteiger charge is -2.27. The summed E-state index contributed by atoms with van der Waals surface area (Å²) >= 11 is 0. The van der Waals surface area contributed by atoms with Crippen molar-refractivity contribution in [2.45, 2.75) is 104 Å². The number of rotatable bonds is 22. The maximum absolute atomic E-state index is 13.2. The van der Waals surface area contributed by atoms with E-state index in [1.165, 1.54) is 0 Å². The zero-order valence-electron chi connectivity index (χ0n) is 27.9. The summed E-state index contributed by atoms with van der Waals surface area (Å²) in [6, 6.07) is -5.35. The number of aliphatic imine (C=N–C) groups is 1. The molecule has 0 aliphatic heterocycles. The summed E-state index contributed by atoms with van der Waals surface area (Å²) in [5.41, 5.74) is 21.7. The topological polar surface area (TPSA) is 299 Å². The molecule has 0 spiro atoms. The molecule has 0 bridgehead atoms. The van der Waals surface area contributed by atoms with Crippen molar-refractivity contribution in [3.8, 4) is 0 Å². The average Bonchev–Trinajstić information content (AvgIpc) is 2.97. The molecule has 0 aromatic rings. The maximum Gasteiger partial charge on any atom is 0.243 e. The highest BCUT2D eigenvalue weighted by Gasteiger charge is 2.32. The van der Waals surface area contributed by atoms with E-state index in [0.29, 0.717) is 19.3 Å². The number of hydrogen-bond acceptors (Lipinski definition) is 9. The third kappa shape index (κ3) is 16.9. The molecule has 0 aliphatic carbocycles. The van der Waals surface area contributed by atoms with Crippen LogP contribution in [0.25, 0.3) is 0 Å². The summed E-state index contributed by atoms with van der Waals surface area (Å²) < 4.78 is 0. The fourth-order valence-electron chi connectivity index (χ4n) is 4.31. The molecule has 0 aliphatic rings. The van der Waals surface area contributed by atoms with E-state index >= 15 is 0 Å². The smallest absolute Gasteiger partial charge is 0.243 e. The third-order valence-corrected chi connectivity index (χ3v) is 7.05. The van der Waals surface area contributed by atoms with Crippen molar-refractivity contribution in [2.75, 3.05) is 19.7 Å². The molecule has 46 heavy (non-hydrogen) atoms. The lowest BCUT2D eigenvalue weighted by Crippen LogP contribution is -2.58. The van der Waals surface area contributed by atoms with Gasteiger partial charge in [-0.25, -0.2) is 0 Å². The Balaban J connectivity index is 5.66. The van der Waals surface area contributed by atoms with Gasteiger partial charge in [0, 0.05) is 6.54 Å². The normalized spacial score (nSPS) is 15.0. The number of nitrogens with zero attached hydrogens (tertiary/aromatic N) is 1. The van der Waals surface area contributed by atoms with Crippen molar-refractivity contribution in [3.63, 3.8) is 0 Å². The van der Waals surface area contributed by atoms with Crippen LogP contribution >= 0.6 is 0 Å². The zero-order chi connectivity index (χ0) is 35.6. The highest BCUT2D eigenvalue weighted by atomic mass is 16.3. The van der Waals surface area contributed by atoms with E-state index < -0.39 is 78.8 Å². The molecular weight excluding hydrogens is 600 g/mol. The number of aliphatic hydroxyl groups is 1. The number of nitrogens with one attached hydrogen (secondary N) is 5. The van der Waals surface area contributed by atoms with Crippen LogP contribution in [0.1, 0.15) is 73.6 Å². The number of primary amides is 1. The highest BCUT2D eigenvalue weighted by Crippen LogP contribution is 2.11. The number of amides is 6. The fraction of sp³-hybridized carbons (Fsp3) is 0.759. The van der Waals surface area contributed by atoms with Crippen LogP contribution in [0.2, 0.25) is 0 Å². The quantitative estimate of drug-likeness (QED) is 0.0321. The first-order valence-corrected chi connectivity index (χ1v) is 15.6. The zero-order valence-corrected chi connectivity index (χ0v) is 27.9. The first-order valence-electron chi connectivity index (χ1n) is 15.6. The minimum atomic E-state index is -1.22. The number of guanidine groups is 1. The van der Waals surface area contributed by atoms with Crippen molar-refractivity contribution in [3.05, 3.63) is 0 Å². The van der Waals surface area contributed by atoms with Crippen LogP contribution < -0.4 is 49.5 Å². The Labute approximate surface area is 271 Å². The second kappa shape index (κ2) is 21.7. The second-order valence-electron chi connectivity index (χ2n) is 12.2. The highest BCUT2D eigenvalue weighted by molar-refractivity contribution is 5.95. The van der Waals surface area contributed by atoms with Gasteiger partial charge in [0.25, 0.3) is 0 Å². The molecule has 14 N–H and O–H groups in total. The Morgan fingerprint density at radius 2 is 1.28 bits per heavy atom. The van der Waals surface area contributed by atoms with Gasteiger partial charge in [-0.05, 0) is 43.4 Å². The first-order chi connectivity index (χ1) is 21.4. The maximum atomic E-state index is 13.2. The van der Waals surface area contributed by atoms with E-state index in [0.717, 1.165) is 0 Å². The summed E-state index contributed by atoms with van der Waals surface area (Å²) in [7, 11) is 0. The van der Waals surface area contributed by atoms with Gasteiger partial charge in [-0.15, -0.1) is 0 Å². The Bertz CT molecular complexity index is 1050. The minimum absolute atomic E-state index is 0.00536. The largest absolute Gasteiger partial charge is 0.394 e. The van der Waals surface area contributed by atoms with Crippen molar-refractivity contribution >= 4 is 41.4 Å². The monoisotopic (exact) mass is 656 g/mol. The molecule has 6 atom stereocenters. The van der Waals surface area contributed by atoms with Gasteiger partial charge in [-0.3, -0.25) is 33.8 Å². The molecule has 0 saturated heterocycles. The van der Waals surface area contributed by atoms with Gasteiger partial charge < -0.3 is 54.6 Å². The molecule has 0 fully saturated rings. The van der Waals surface area contributed by atoms with E-state index in [-0.39, 0.29) is 43.1 Å². The van der Waals surface area contributed by atoms with Crippen LogP contribution in [0, 0.1) is 17.8 Å². The van der Waals surface area contributed by atoms with Crippen molar-refractivity contribution in [1.82, 2.24) is 26.6 Å². The Hall–Kier alpha value is -3.99. The summed E-state index contributed by atoms with van der Waals surface area (Å²) in [5.74, 6) is -4.50. The molecule has 0 heterocycles. The van der Waals surface area contributed by atoms with Gasteiger partial charge in [0.05, 0.1) is 13.2 Å². The fourth-order valence-corrected chi connectivity index (χ4v) is 4.31. The first kappa shape index (κ1) is 42.0. The molecule has 17 heteroatoms. The molecule has 0 unspecified atom stereocenters. The van der Waals surface area contributed by atoms with Crippen LogP contribution in [0.15, 0.2) is 4.99 Å². The summed E-state index contributed by atoms with van der Waals surface area (Å²) in [5, 5.41) is 22.0. The summed E-state index contributed by atoms with van der Waals surface area (Å²) in [6.45, 7) is 10.0. The van der Waals surface area contributed by atoms with Crippen LogP contribution in [0.3, 0.4) is 0 Å². The second-order valence-corrected chi connectivity index (χ2v) is 12.2. The van der Waals surface area contributed by atoms with E-state index in [2.05, 4.69) is 31.6 Å². The van der Waals surface area contributed by atoms with Crippen LogP contribution in [-0.2, 0) is 28.8 Å². The van der Waals surface area contributed by atoms with Crippen LogP contribution in [0.4, 0.5) is 0 Å². The van der Waals surface area contributed by atoms with E-state index in [1.807, 2.05) is 34.6 Å².